The number of carbonyl (C=O) groups excluding carboxylic acids is 1. The van der Waals surface area contributed by atoms with Crippen molar-refractivity contribution in [3.8, 4) is 0 Å². The number of carbonyl (C=O) groups is 1. The van der Waals surface area contributed by atoms with Crippen LogP contribution in [0.5, 0.6) is 0 Å². The van der Waals surface area contributed by atoms with Gasteiger partial charge in [-0.3, -0.25) is 0 Å². The van der Waals surface area contributed by atoms with Crippen LogP contribution in [0, 0.1) is 11.6 Å². The van der Waals surface area contributed by atoms with E-state index in [-0.39, 0.29) is 35.7 Å². The average molecular weight is 405 g/mol. The second kappa shape index (κ2) is 10.9. The second-order valence-corrected chi connectivity index (χ2v) is 5.78. The first-order chi connectivity index (χ1) is 14.0. The number of methoxy groups -OCH3 is 3. The molecular formula is C21H21F2NO5. The average Bonchev–Trinajstić information content (AvgIpc) is 2.72. The van der Waals surface area contributed by atoms with Gasteiger partial charge in [0.15, 0.2) is 0 Å². The van der Waals surface area contributed by atoms with E-state index < -0.39 is 11.8 Å². The number of nitrogens with zero attached hydrogens (tertiary/aromatic N) is 1. The molecule has 0 saturated heterocycles. The molecule has 2 aromatic rings. The number of esters is 1. The van der Waals surface area contributed by atoms with Crippen molar-refractivity contribution in [2.75, 3.05) is 27.9 Å². The van der Waals surface area contributed by atoms with Crippen LogP contribution >= 0.6 is 0 Å². The van der Waals surface area contributed by atoms with E-state index in [4.69, 9.17) is 19.0 Å². The molecule has 0 unspecified atom stereocenters. The van der Waals surface area contributed by atoms with Crippen LogP contribution in [-0.2, 0) is 30.4 Å². The highest BCUT2D eigenvalue weighted by Crippen LogP contribution is 2.24. The molecule has 0 spiro atoms. The van der Waals surface area contributed by atoms with Gasteiger partial charge in [-0.2, -0.15) is 0 Å². The standard InChI is InChI=1S/C21H21F2NO5/c1-26-11-18(21(25)28-3)16-5-4-6-19(23)17(16)12-29-24-20(13-27-2)14-7-9-15(22)10-8-14/h4-11H,12-13H2,1-3H3/b18-11+,24-20+. The zero-order valence-electron chi connectivity index (χ0n) is 16.3. The van der Waals surface area contributed by atoms with E-state index in [1.807, 2.05) is 0 Å². The number of halogens is 2. The minimum atomic E-state index is -0.686. The van der Waals surface area contributed by atoms with Crippen molar-refractivity contribution in [1.82, 2.24) is 0 Å². The lowest BCUT2D eigenvalue weighted by Gasteiger charge is -2.12. The first kappa shape index (κ1) is 22.0. The van der Waals surface area contributed by atoms with Gasteiger partial charge in [0.1, 0.15) is 29.5 Å². The normalized spacial score (nSPS) is 11.9. The summed E-state index contributed by atoms with van der Waals surface area (Å²) in [7, 11) is 4.06. The molecule has 6 nitrogen and oxygen atoms in total. The topological polar surface area (TPSA) is 66.4 Å². The highest BCUT2D eigenvalue weighted by molar-refractivity contribution is 6.16. The third-order valence-electron chi connectivity index (χ3n) is 3.89. The summed E-state index contributed by atoms with van der Waals surface area (Å²) >= 11 is 0. The number of hydrogen-bond donors (Lipinski definition) is 0. The summed E-state index contributed by atoms with van der Waals surface area (Å²) in [6.45, 7) is -0.165. The Morgan fingerprint density at radius 2 is 1.79 bits per heavy atom. The van der Waals surface area contributed by atoms with Crippen molar-refractivity contribution < 1.29 is 32.6 Å². The minimum absolute atomic E-state index is 0.0349. The summed E-state index contributed by atoms with van der Waals surface area (Å²) in [6.07, 6.45) is 1.17. The Bertz CT molecular complexity index is 894. The number of oxime groups is 1. The van der Waals surface area contributed by atoms with Crippen molar-refractivity contribution in [2.45, 2.75) is 6.61 Å². The Balaban J connectivity index is 2.31. The zero-order valence-corrected chi connectivity index (χ0v) is 16.3. The number of rotatable bonds is 9. The quantitative estimate of drug-likeness (QED) is 0.209. The lowest BCUT2D eigenvalue weighted by Crippen LogP contribution is -2.11. The van der Waals surface area contributed by atoms with Gasteiger partial charge < -0.3 is 19.0 Å². The first-order valence-electron chi connectivity index (χ1n) is 8.54. The van der Waals surface area contributed by atoms with E-state index in [2.05, 4.69) is 5.16 Å². The molecule has 2 rings (SSSR count). The van der Waals surface area contributed by atoms with Gasteiger partial charge in [-0.25, -0.2) is 13.6 Å². The fourth-order valence-corrected chi connectivity index (χ4v) is 2.52. The molecule has 0 atom stereocenters. The molecular weight excluding hydrogens is 384 g/mol. The minimum Gasteiger partial charge on any atom is -0.503 e. The molecule has 0 bridgehead atoms. The Morgan fingerprint density at radius 1 is 1.07 bits per heavy atom. The number of benzene rings is 2. The van der Waals surface area contributed by atoms with Crippen LogP contribution in [0.15, 0.2) is 53.9 Å². The fraction of sp³-hybridized carbons (Fsp3) is 0.238. The SMILES string of the molecule is CO/C=C(/C(=O)OC)c1cccc(F)c1CO/N=C(\COC)c1ccc(F)cc1. The molecule has 8 heteroatoms. The van der Waals surface area contributed by atoms with Gasteiger partial charge in [-0.1, -0.05) is 29.4 Å². The molecule has 0 fully saturated rings. The monoisotopic (exact) mass is 405 g/mol. The third-order valence-corrected chi connectivity index (χ3v) is 3.89. The Labute approximate surface area is 167 Å². The van der Waals surface area contributed by atoms with Crippen LogP contribution < -0.4 is 0 Å². The molecule has 0 aromatic heterocycles. The lowest BCUT2D eigenvalue weighted by molar-refractivity contribution is -0.133. The van der Waals surface area contributed by atoms with Crippen molar-refractivity contribution in [3.05, 3.63) is 77.1 Å². The molecule has 0 heterocycles. The predicted octanol–water partition coefficient (Wildman–Crippen LogP) is 3.69. The summed E-state index contributed by atoms with van der Waals surface area (Å²) in [4.78, 5) is 17.4. The van der Waals surface area contributed by atoms with Crippen molar-refractivity contribution in [2.24, 2.45) is 5.16 Å². The molecule has 0 saturated carbocycles. The van der Waals surface area contributed by atoms with E-state index >= 15 is 0 Å². The Morgan fingerprint density at radius 3 is 2.41 bits per heavy atom. The summed E-state index contributed by atoms with van der Waals surface area (Å²) in [5, 5.41) is 4.00. The van der Waals surface area contributed by atoms with Crippen LogP contribution in [0.4, 0.5) is 8.78 Å². The van der Waals surface area contributed by atoms with Crippen LogP contribution in [0.3, 0.4) is 0 Å². The summed E-state index contributed by atoms with van der Waals surface area (Å²) in [5.41, 5.74) is 1.38. The van der Waals surface area contributed by atoms with Gasteiger partial charge in [0.05, 0.1) is 27.1 Å². The van der Waals surface area contributed by atoms with Gasteiger partial charge in [-0.15, -0.1) is 0 Å². The van der Waals surface area contributed by atoms with Gasteiger partial charge >= 0.3 is 5.97 Å². The van der Waals surface area contributed by atoms with Gasteiger partial charge in [-0.05, 0) is 18.2 Å². The van der Waals surface area contributed by atoms with E-state index in [0.717, 1.165) is 0 Å². The first-order valence-corrected chi connectivity index (χ1v) is 8.54. The van der Waals surface area contributed by atoms with Crippen LogP contribution in [0.2, 0.25) is 0 Å². The van der Waals surface area contributed by atoms with Crippen LogP contribution in [0.25, 0.3) is 5.57 Å². The Hall–Kier alpha value is -3.26. The fourth-order valence-electron chi connectivity index (χ4n) is 2.52. The maximum absolute atomic E-state index is 14.4. The molecule has 0 aliphatic rings. The molecule has 0 N–H and O–H groups in total. The molecule has 0 aliphatic carbocycles. The molecule has 0 radical (unpaired) electrons. The summed E-state index contributed by atoms with van der Waals surface area (Å²) < 4.78 is 42.3. The van der Waals surface area contributed by atoms with Gasteiger partial charge in [0.25, 0.3) is 0 Å². The van der Waals surface area contributed by atoms with E-state index in [1.165, 1.54) is 64.0 Å². The maximum Gasteiger partial charge on any atom is 0.341 e. The molecule has 0 amide bonds. The summed E-state index contributed by atoms with van der Waals surface area (Å²) in [5.74, 6) is -1.66. The molecule has 2 aromatic carbocycles. The third kappa shape index (κ3) is 5.86. The van der Waals surface area contributed by atoms with Crippen LogP contribution in [0.1, 0.15) is 16.7 Å². The molecule has 29 heavy (non-hydrogen) atoms. The highest BCUT2D eigenvalue weighted by atomic mass is 19.1. The predicted molar refractivity (Wildman–Crippen MR) is 103 cm³/mol. The Kier molecular flexibility index (Phi) is 8.29. The second-order valence-electron chi connectivity index (χ2n) is 5.78. The van der Waals surface area contributed by atoms with Gasteiger partial charge in [0.2, 0.25) is 0 Å². The smallest absolute Gasteiger partial charge is 0.341 e. The van der Waals surface area contributed by atoms with E-state index in [0.29, 0.717) is 11.3 Å². The van der Waals surface area contributed by atoms with Crippen molar-refractivity contribution in [3.63, 3.8) is 0 Å². The van der Waals surface area contributed by atoms with E-state index in [1.54, 1.807) is 6.07 Å². The maximum atomic E-state index is 14.4. The lowest BCUT2D eigenvalue weighted by atomic mass is 10.0. The largest absolute Gasteiger partial charge is 0.503 e. The van der Waals surface area contributed by atoms with Gasteiger partial charge in [0, 0.05) is 23.8 Å². The van der Waals surface area contributed by atoms with E-state index in [9.17, 15) is 13.6 Å². The van der Waals surface area contributed by atoms with Crippen molar-refractivity contribution >= 4 is 17.3 Å². The zero-order chi connectivity index (χ0) is 21.2. The number of hydrogen-bond acceptors (Lipinski definition) is 6. The molecule has 0 aliphatic heterocycles. The highest BCUT2D eigenvalue weighted by Gasteiger charge is 2.20. The summed E-state index contributed by atoms with van der Waals surface area (Å²) in [6, 6.07) is 9.87. The number of ether oxygens (including phenoxy) is 3. The van der Waals surface area contributed by atoms with Crippen LogP contribution in [-0.4, -0.2) is 39.6 Å². The molecule has 154 valence electrons. The van der Waals surface area contributed by atoms with Crippen molar-refractivity contribution in [1.29, 1.82) is 0 Å².